The first kappa shape index (κ1) is 23.8. The Labute approximate surface area is 184 Å². The molecule has 0 amide bonds. The van der Waals surface area contributed by atoms with Crippen LogP contribution < -0.4 is 16.4 Å². The van der Waals surface area contributed by atoms with Crippen LogP contribution in [0.4, 0.5) is 5.82 Å². The van der Waals surface area contributed by atoms with Crippen molar-refractivity contribution in [3.05, 3.63) is 41.6 Å². The van der Waals surface area contributed by atoms with Crippen molar-refractivity contribution in [1.29, 1.82) is 5.26 Å². The lowest BCUT2D eigenvalue weighted by Crippen LogP contribution is -2.38. The van der Waals surface area contributed by atoms with Crippen LogP contribution in [0.2, 0.25) is 0 Å². The van der Waals surface area contributed by atoms with Gasteiger partial charge in [0.2, 0.25) is 0 Å². The smallest absolute Gasteiger partial charge is 0.190 e. The van der Waals surface area contributed by atoms with Gasteiger partial charge >= 0.3 is 0 Å². The summed E-state index contributed by atoms with van der Waals surface area (Å²) in [7, 11) is 1.77. The number of para-hydroxylation sites is 1. The molecule has 0 fully saturated rings. The first-order valence-electron chi connectivity index (χ1n) is 9.48. The van der Waals surface area contributed by atoms with E-state index < -0.39 is 0 Å². The standard InChI is InChI=1S/C20H29N7.HI/c1-3-4-8-13-24-20(23-2)25-14-9-12-18-17(15-21)19(22)27(26-18)16-10-6-5-7-11-16;/h5-7,10-11H,3-4,8-9,12-14,22H2,1-2H3,(H2,23,24,25);1H. The molecule has 152 valence electrons. The van der Waals surface area contributed by atoms with Crippen molar-refractivity contribution in [3.8, 4) is 11.8 Å². The van der Waals surface area contributed by atoms with Crippen LogP contribution >= 0.6 is 24.0 Å². The quantitative estimate of drug-likeness (QED) is 0.215. The molecule has 0 saturated heterocycles. The van der Waals surface area contributed by atoms with E-state index in [4.69, 9.17) is 5.73 Å². The Morgan fingerprint density at radius 3 is 2.46 bits per heavy atom. The van der Waals surface area contributed by atoms with Gasteiger partial charge in [0.05, 0.1) is 11.4 Å². The highest BCUT2D eigenvalue weighted by molar-refractivity contribution is 14.0. The summed E-state index contributed by atoms with van der Waals surface area (Å²) in [6.07, 6.45) is 5.06. The van der Waals surface area contributed by atoms with Crippen LogP contribution in [0.25, 0.3) is 5.69 Å². The van der Waals surface area contributed by atoms with Crippen molar-refractivity contribution >= 4 is 35.8 Å². The Bertz CT molecular complexity index is 778. The van der Waals surface area contributed by atoms with Gasteiger partial charge in [0.15, 0.2) is 5.96 Å². The van der Waals surface area contributed by atoms with Gasteiger partial charge in [-0.05, 0) is 31.4 Å². The summed E-state index contributed by atoms with van der Waals surface area (Å²) in [5.74, 6) is 1.20. The Morgan fingerprint density at radius 2 is 1.86 bits per heavy atom. The molecule has 2 rings (SSSR count). The summed E-state index contributed by atoms with van der Waals surface area (Å²) in [5, 5.41) is 20.6. The maximum atomic E-state index is 9.46. The third-order valence-electron chi connectivity index (χ3n) is 4.29. The molecule has 0 unspecified atom stereocenters. The molecule has 0 bridgehead atoms. The third-order valence-corrected chi connectivity index (χ3v) is 4.29. The molecule has 2 aromatic rings. The number of hydrogen-bond acceptors (Lipinski definition) is 4. The first-order chi connectivity index (χ1) is 13.2. The highest BCUT2D eigenvalue weighted by atomic mass is 127. The van der Waals surface area contributed by atoms with Gasteiger partial charge in [-0.15, -0.1) is 24.0 Å². The maximum Gasteiger partial charge on any atom is 0.190 e. The highest BCUT2D eigenvalue weighted by Crippen LogP contribution is 2.21. The topological polar surface area (TPSA) is 104 Å². The number of anilines is 1. The van der Waals surface area contributed by atoms with Crippen LogP contribution in [0.3, 0.4) is 0 Å². The molecule has 0 radical (unpaired) electrons. The molecular weight excluding hydrogens is 465 g/mol. The monoisotopic (exact) mass is 495 g/mol. The number of rotatable bonds is 9. The Morgan fingerprint density at radius 1 is 1.18 bits per heavy atom. The molecule has 1 aromatic heterocycles. The molecule has 28 heavy (non-hydrogen) atoms. The fourth-order valence-corrected chi connectivity index (χ4v) is 2.81. The Balaban J connectivity index is 0.00000392. The number of unbranched alkanes of at least 4 members (excludes halogenated alkanes) is 2. The van der Waals surface area contributed by atoms with E-state index in [1.807, 2.05) is 30.3 Å². The molecule has 4 N–H and O–H groups in total. The lowest BCUT2D eigenvalue weighted by Gasteiger charge is -2.11. The zero-order valence-electron chi connectivity index (χ0n) is 16.6. The molecule has 0 aliphatic heterocycles. The number of halogens is 1. The second-order valence-electron chi connectivity index (χ2n) is 6.30. The first-order valence-corrected chi connectivity index (χ1v) is 9.48. The molecule has 0 saturated carbocycles. The molecule has 0 atom stereocenters. The number of guanidine groups is 1. The van der Waals surface area contributed by atoms with Gasteiger partial charge < -0.3 is 16.4 Å². The van der Waals surface area contributed by atoms with Crippen LogP contribution in [0.15, 0.2) is 35.3 Å². The minimum absolute atomic E-state index is 0. The van der Waals surface area contributed by atoms with Gasteiger partial charge in [-0.1, -0.05) is 38.0 Å². The molecule has 0 aliphatic rings. The number of aliphatic imine (C=N–C) groups is 1. The summed E-state index contributed by atoms with van der Waals surface area (Å²) in [6.45, 7) is 3.86. The number of nitrogens with two attached hydrogens (primary N) is 1. The maximum absolute atomic E-state index is 9.46. The number of benzene rings is 1. The molecular formula is C20H30IN7. The van der Waals surface area contributed by atoms with Crippen molar-refractivity contribution in [2.24, 2.45) is 4.99 Å². The fraction of sp³-hybridized carbons (Fsp3) is 0.450. The number of hydrogen-bond donors (Lipinski definition) is 3. The summed E-state index contributed by atoms with van der Waals surface area (Å²) in [4.78, 5) is 4.22. The number of nitrogens with zero attached hydrogens (tertiary/aromatic N) is 4. The molecule has 1 heterocycles. The number of aromatic nitrogens is 2. The number of nitrogen functional groups attached to an aromatic ring is 1. The van der Waals surface area contributed by atoms with E-state index in [0.29, 0.717) is 17.8 Å². The SMILES string of the molecule is CCCCCNC(=NC)NCCCc1nn(-c2ccccc2)c(N)c1C#N.I. The van der Waals surface area contributed by atoms with Gasteiger partial charge in [0, 0.05) is 20.1 Å². The van der Waals surface area contributed by atoms with Gasteiger partial charge in [-0.25, -0.2) is 4.68 Å². The van der Waals surface area contributed by atoms with Crippen molar-refractivity contribution in [3.63, 3.8) is 0 Å². The van der Waals surface area contributed by atoms with Crippen molar-refractivity contribution in [2.45, 2.75) is 39.0 Å². The van der Waals surface area contributed by atoms with Crippen LogP contribution in [0.1, 0.15) is 43.9 Å². The van der Waals surface area contributed by atoms with E-state index in [2.05, 4.69) is 33.7 Å². The second kappa shape index (κ2) is 13.0. The van der Waals surface area contributed by atoms with E-state index in [1.54, 1.807) is 11.7 Å². The molecule has 7 nitrogen and oxygen atoms in total. The van der Waals surface area contributed by atoms with Crippen LogP contribution in [0.5, 0.6) is 0 Å². The summed E-state index contributed by atoms with van der Waals surface area (Å²) >= 11 is 0. The second-order valence-corrected chi connectivity index (χ2v) is 6.30. The molecule has 1 aromatic carbocycles. The highest BCUT2D eigenvalue weighted by Gasteiger charge is 2.16. The van der Waals surface area contributed by atoms with Gasteiger partial charge in [0.1, 0.15) is 17.5 Å². The zero-order chi connectivity index (χ0) is 19.5. The molecule has 8 heteroatoms. The summed E-state index contributed by atoms with van der Waals surface area (Å²) in [5.41, 5.74) is 8.18. The number of nitrogens with one attached hydrogen (secondary N) is 2. The molecule has 0 spiro atoms. The van der Waals surface area contributed by atoms with Crippen LogP contribution in [-0.2, 0) is 6.42 Å². The largest absolute Gasteiger partial charge is 0.382 e. The molecule has 0 aliphatic carbocycles. The lowest BCUT2D eigenvalue weighted by molar-refractivity contribution is 0.674. The van der Waals surface area contributed by atoms with E-state index in [0.717, 1.165) is 43.3 Å². The Hall–Kier alpha value is -2.28. The summed E-state index contributed by atoms with van der Waals surface area (Å²) < 4.78 is 1.63. The van der Waals surface area contributed by atoms with E-state index in [-0.39, 0.29) is 24.0 Å². The fourth-order valence-electron chi connectivity index (χ4n) is 2.81. The average Bonchev–Trinajstić information content (AvgIpc) is 3.02. The Kier molecular flexibility index (Phi) is 11.0. The predicted octanol–water partition coefficient (Wildman–Crippen LogP) is 3.23. The van der Waals surface area contributed by atoms with Crippen molar-refractivity contribution in [2.75, 3.05) is 25.9 Å². The van der Waals surface area contributed by atoms with E-state index >= 15 is 0 Å². The number of nitriles is 1. The van der Waals surface area contributed by atoms with Crippen LogP contribution in [0, 0.1) is 11.3 Å². The van der Waals surface area contributed by atoms with Crippen molar-refractivity contribution in [1.82, 2.24) is 20.4 Å². The number of aryl methyl sites for hydroxylation is 1. The normalized spacial score (nSPS) is 10.8. The van der Waals surface area contributed by atoms with Crippen molar-refractivity contribution < 1.29 is 0 Å². The minimum Gasteiger partial charge on any atom is -0.382 e. The van der Waals surface area contributed by atoms with E-state index in [9.17, 15) is 5.26 Å². The average molecular weight is 495 g/mol. The predicted molar refractivity (Wildman–Crippen MR) is 125 cm³/mol. The van der Waals surface area contributed by atoms with Gasteiger partial charge in [-0.3, -0.25) is 4.99 Å². The summed E-state index contributed by atoms with van der Waals surface area (Å²) in [6, 6.07) is 11.8. The van der Waals surface area contributed by atoms with Gasteiger partial charge in [-0.2, -0.15) is 10.4 Å². The van der Waals surface area contributed by atoms with Crippen LogP contribution in [-0.4, -0.2) is 35.9 Å². The lowest BCUT2D eigenvalue weighted by atomic mass is 10.1. The third kappa shape index (κ3) is 6.71. The minimum atomic E-state index is 0. The van der Waals surface area contributed by atoms with E-state index in [1.165, 1.54) is 12.8 Å². The van der Waals surface area contributed by atoms with Gasteiger partial charge in [0.25, 0.3) is 0 Å². The zero-order valence-corrected chi connectivity index (χ0v) is 18.9.